The van der Waals surface area contributed by atoms with E-state index in [0.717, 1.165) is 22.9 Å². The fourth-order valence-electron chi connectivity index (χ4n) is 3.14. The summed E-state index contributed by atoms with van der Waals surface area (Å²) in [5, 5.41) is 3.89. The minimum absolute atomic E-state index is 0.163. The number of anilines is 1. The number of benzene rings is 1. The van der Waals surface area contributed by atoms with Crippen LogP contribution in [0.4, 0.5) is 10.1 Å². The average Bonchev–Trinajstić information content (AvgIpc) is 3.20. The zero-order valence-corrected chi connectivity index (χ0v) is 14.3. The van der Waals surface area contributed by atoms with E-state index in [1.165, 1.54) is 12.1 Å². The van der Waals surface area contributed by atoms with Gasteiger partial charge in [0.2, 0.25) is 0 Å². The smallest absolute Gasteiger partial charge is 0.174 e. The molecule has 3 aromatic rings. The lowest BCUT2D eigenvalue weighted by Gasteiger charge is -2.26. The molecule has 1 aliphatic heterocycles. The second-order valence-corrected chi connectivity index (χ2v) is 6.31. The van der Waals surface area contributed by atoms with Gasteiger partial charge in [0.05, 0.1) is 11.7 Å². The van der Waals surface area contributed by atoms with E-state index in [2.05, 4.69) is 10.3 Å². The van der Waals surface area contributed by atoms with E-state index < -0.39 is 0 Å². The lowest BCUT2D eigenvalue weighted by molar-refractivity contribution is 0.418. The Kier molecular flexibility index (Phi) is 3.97. The summed E-state index contributed by atoms with van der Waals surface area (Å²) in [6.07, 6.45) is 1.76. The number of rotatable bonds is 3. The third kappa shape index (κ3) is 2.89. The van der Waals surface area contributed by atoms with Gasteiger partial charge in [-0.15, -0.1) is 0 Å². The molecule has 0 spiro atoms. The summed E-state index contributed by atoms with van der Waals surface area (Å²) in [5.74, 6) is 1.32. The largest absolute Gasteiger partial charge is 0.464 e. The number of nitrogens with zero attached hydrogens (tertiary/aromatic N) is 2. The van der Waals surface area contributed by atoms with Crippen molar-refractivity contribution in [2.75, 3.05) is 4.90 Å². The molecule has 1 N–H and O–H groups in total. The molecular formula is C19H16FN3OS. The first kappa shape index (κ1) is 15.8. The first-order valence-electron chi connectivity index (χ1n) is 7.96. The van der Waals surface area contributed by atoms with E-state index >= 15 is 0 Å². The molecule has 1 saturated heterocycles. The Hall–Kier alpha value is -2.73. The highest BCUT2D eigenvalue weighted by Crippen LogP contribution is 2.41. The molecule has 0 aliphatic carbocycles. The van der Waals surface area contributed by atoms with Crippen molar-refractivity contribution < 1.29 is 8.81 Å². The Balaban J connectivity index is 1.81. The Bertz CT molecular complexity index is 895. The van der Waals surface area contributed by atoms with Gasteiger partial charge < -0.3 is 14.6 Å². The van der Waals surface area contributed by atoms with Gasteiger partial charge in [0, 0.05) is 11.9 Å². The van der Waals surface area contributed by atoms with Crippen LogP contribution in [0.2, 0.25) is 0 Å². The molecule has 126 valence electrons. The molecule has 25 heavy (non-hydrogen) atoms. The molecule has 2 unspecified atom stereocenters. The van der Waals surface area contributed by atoms with E-state index in [1.54, 1.807) is 18.3 Å². The lowest BCUT2D eigenvalue weighted by atomic mass is 10.0. The van der Waals surface area contributed by atoms with Crippen LogP contribution in [0, 0.1) is 12.7 Å². The molecule has 6 heteroatoms. The average molecular weight is 353 g/mol. The Morgan fingerprint density at radius 1 is 1.12 bits per heavy atom. The summed E-state index contributed by atoms with van der Waals surface area (Å²) in [6, 6.07) is 15.6. The number of nitrogens with one attached hydrogen (secondary N) is 1. The van der Waals surface area contributed by atoms with Crippen LogP contribution in [0.1, 0.15) is 29.3 Å². The van der Waals surface area contributed by atoms with Gasteiger partial charge >= 0.3 is 0 Å². The molecule has 2 aromatic heterocycles. The standard InChI is InChI=1S/C19H16FN3OS/c1-12-5-10-16(24-12)18-17(15-4-2-3-11-21-15)22-19(25)23(18)14-8-6-13(20)7-9-14/h2-11,17-18H,1H3,(H,22,25). The Labute approximate surface area is 150 Å². The predicted octanol–water partition coefficient (Wildman–Crippen LogP) is 4.30. The third-order valence-corrected chi connectivity index (χ3v) is 4.57. The van der Waals surface area contributed by atoms with Gasteiger partial charge in [-0.1, -0.05) is 6.07 Å². The second-order valence-electron chi connectivity index (χ2n) is 5.92. The number of furan rings is 1. The molecule has 0 saturated carbocycles. The highest BCUT2D eigenvalue weighted by molar-refractivity contribution is 7.80. The highest BCUT2D eigenvalue weighted by Gasteiger charge is 2.42. The summed E-state index contributed by atoms with van der Waals surface area (Å²) in [4.78, 5) is 6.42. The summed E-state index contributed by atoms with van der Waals surface area (Å²) in [6.45, 7) is 1.90. The fraction of sp³-hybridized carbons (Fsp3) is 0.158. The maximum Gasteiger partial charge on any atom is 0.174 e. The van der Waals surface area contributed by atoms with Crippen molar-refractivity contribution in [1.29, 1.82) is 0 Å². The molecule has 0 amide bonds. The number of halogens is 1. The monoisotopic (exact) mass is 353 g/mol. The van der Waals surface area contributed by atoms with E-state index in [-0.39, 0.29) is 17.9 Å². The SMILES string of the molecule is Cc1ccc(C2C(c3ccccn3)NC(=S)N2c2ccc(F)cc2)o1. The van der Waals surface area contributed by atoms with Crippen molar-refractivity contribution in [1.82, 2.24) is 10.3 Å². The van der Waals surface area contributed by atoms with Crippen molar-refractivity contribution in [3.8, 4) is 0 Å². The van der Waals surface area contributed by atoms with Gasteiger partial charge in [-0.05, 0) is 67.7 Å². The highest BCUT2D eigenvalue weighted by atomic mass is 32.1. The van der Waals surface area contributed by atoms with Crippen LogP contribution < -0.4 is 10.2 Å². The molecule has 1 aromatic carbocycles. The number of aromatic nitrogens is 1. The van der Waals surface area contributed by atoms with Crippen LogP contribution >= 0.6 is 12.2 Å². The van der Waals surface area contributed by atoms with E-state index in [4.69, 9.17) is 16.6 Å². The van der Waals surface area contributed by atoms with Crippen LogP contribution in [0.3, 0.4) is 0 Å². The number of thiocarbonyl (C=S) groups is 1. The summed E-state index contributed by atoms with van der Waals surface area (Å²) >= 11 is 5.57. The lowest BCUT2D eigenvalue weighted by Crippen LogP contribution is -2.29. The zero-order valence-electron chi connectivity index (χ0n) is 13.5. The molecule has 2 atom stereocenters. The van der Waals surface area contributed by atoms with Crippen LogP contribution in [-0.4, -0.2) is 10.1 Å². The number of hydrogen-bond donors (Lipinski definition) is 1. The normalized spacial score (nSPS) is 19.9. The predicted molar refractivity (Wildman–Crippen MR) is 97.8 cm³/mol. The van der Waals surface area contributed by atoms with Crippen molar-refractivity contribution in [3.05, 3.63) is 83.8 Å². The summed E-state index contributed by atoms with van der Waals surface area (Å²) < 4.78 is 19.2. The van der Waals surface area contributed by atoms with Gasteiger partial charge in [0.25, 0.3) is 0 Å². The van der Waals surface area contributed by atoms with Gasteiger partial charge in [-0.3, -0.25) is 4.98 Å². The van der Waals surface area contributed by atoms with Crippen LogP contribution in [0.15, 0.2) is 65.2 Å². The number of aryl methyl sites for hydroxylation is 1. The third-order valence-electron chi connectivity index (χ3n) is 4.26. The molecule has 3 heterocycles. The molecule has 0 radical (unpaired) electrons. The molecular weight excluding hydrogens is 337 g/mol. The maximum absolute atomic E-state index is 13.3. The maximum atomic E-state index is 13.3. The summed E-state index contributed by atoms with van der Waals surface area (Å²) in [7, 11) is 0. The molecule has 4 nitrogen and oxygen atoms in total. The quantitative estimate of drug-likeness (QED) is 0.711. The van der Waals surface area contributed by atoms with Crippen molar-refractivity contribution in [2.24, 2.45) is 0 Å². The minimum Gasteiger partial charge on any atom is -0.464 e. The van der Waals surface area contributed by atoms with E-state index in [0.29, 0.717) is 5.11 Å². The first-order chi connectivity index (χ1) is 12.1. The number of pyridine rings is 1. The van der Waals surface area contributed by atoms with Crippen molar-refractivity contribution in [2.45, 2.75) is 19.0 Å². The van der Waals surface area contributed by atoms with Crippen LogP contribution in [-0.2, 0) is 0 Å². The van der Waals surface area contributed by atoms with Crippen molar-refractivity contribution in [3.63, 3.8) is 0 Å². The van der Waals surface area contributed by atoms with Gasteiger partial charge in [0.15, 0.2) is 5.11 Å². The van der Waals surface area contributed by atoms with Gasteiger partial charge in [0.1, 0.15) is 23.4 Å². The van der Waals surface area contributed by atoms with Gasteiger partial charge in [-0.25, -0.2) is 4.39 Å². The summed E-state index contributed by atoms with van der Waals surface area (Å²) in [5.41, 5.74) is 1.67. The van der Waals surface area contributed by atoms with Crippen molar-refractivity contribution >= 4 is 23.0 Å². The Morgan fingerprint density at radius 3 is 2.56 bits per heavy atom. The van der Waals surface area contributed by atoms with E-state index in [1.807, 2.05) is 42.2 Å². The molecule has 1 fully saturated rings. The molecule has 1 aliphatic rings. The zero-order chi connectivity index (χ0) is 17.4. The number of hydrogen-bond acceptors (Lipinski definition) is 3. The van der Waals surface area contributed by atoms with E-state index in [9.17, 15) is 4.39 Å². The Morgan fingerprint density at radius 2 is 1.92 bits per heavy atom. The minimum atomic E-state index is -0.284. The molecule has 0 bridgehead atoms. The van der Waals surface area contributed by atoms with Crippen LogP contribution in [0.5, 0.6) is 0 Å². The van der Waals surface area contributed by atoms with Gasteiger partial charge in [-0.2, -0.15) is 0 Å². The second kappa shape index (κ2) is 6.29. The topological polar surface area (TPSA) is 41.3 Å². The van der Waals surface area contributed by atoms with Crippen LogP contribution in [0.25, 0.3) is 0 Å². The molecule has 4 rings (SSSR count). The first-order valence-corrected chi connectivity index (χ1v) is 8.37. The fourth-order valence-corrected chi connectivity index (χ4v) is 3.48.